The molecule has 2 amide bonds. The van der Waals surface area contributed by atoms with Gasteiger partial charge in [0.25, 0.3) is 11.8 Å². The number of hydrogen-bond donors (Lipinski definition) is 3. The van der Waals surface area contributed by atoms with Crippen molar-refractivity contribution >= 4 is 17.8 Å². The van der Waals surface area contributed by atoms with Crippen LogP contribution in [0, 0.1) is 0 Å². The lowest BCUT2D eigenvalue weighted by Gasteiger charge is -2.08. The predicted octanol–water partition coefficient (Wildman–Crippen LogP) is 1.41. The van der Waals surface area contributed by atoms with Gasteiger partial charge in [0.2, 0.25) is 0 Å². The van der Waals surface area contributed by atoms with Gasteiger partial charge in [-0.3, -0.25) is 14.6 Å². The zero-order valence-corrected chi connectivity index (χ0v) is 15.2. The largest absolute Gasteiger partial charge is 0.484 e. The van der Waals surface area contributed by atoms with E-state index >= 15 is 0 Å². The van der Waals surface area contributed by atoms with Crippen LogP contribution in [0.5, 0.6) is 5.75 Å². The van der Waals surface area contributed by atoms with Crippen LogP contribution in [-0.2, 0) is 11.2 Å². The van der Waals surface area contributed by atoms with Gasteiger partial charge < -0.3 is 20.5 Å². The lowest BCUT2D eigenvalue weighted by molar-refractivity contribution is -0.123. The van der Waals surface area contributed by atoms with Gasteiger partial charge in [-0.1, -0.05) is 12.1 Å². The van der Waals surface area contributed by atoms with Crippen LogP contribution in [-0.4, -0.2) is 47.1 Å². The van der Waals surface area contributed by atoms with Crippen LogP contribution in [0.1, 0.15) is 39.3 Å². The Morgan fingerprint density at radius 1 is 1.14 bits per heavy atom. The number of hydrogen-bond acceptors (Lipinski definition) is 5. The summed E-state index contributed by atoms with van der Waals surface area (Å²) in [7, 11) is 0. The van der Waals surface area contributed by atoms with Gasteiger partial charge in [-0.2, -0.15) is 0 Å². The summed E-state index contributed by atoms with van der Waals surface area (Å²) in [5.74, 6) is -1.04. The van der Waals surface area contributed by atoms with E-state index in [1.807, 2.05) is 12.1 Å². The van der Waals surface area contributed by atoms with E-state index in [0.29, 0.717) is 24.8 Å². The highest BCUT2D eigenvalue weighted by molar-refractivity contribution is 5.95. The Hall–Kier alpha value is -3.42. The molecule has 1 aromatic carbocycles. The average molecular weight is 383 g/mol. The van der Waals surface area contributed by atoms with Crippen LogP contribution in [0.2, 0.25) is 0 Å². The maximum Gasteiger partial charge on any atom is 0.335 e. The summed E-state index contributed by atoms with van der Waals surface area (Å²) >= 11 is 0. The molecule has 1 aromatic heterocycles. The topological polar surface area (TPSA) is 118 Å². The highest BCUT2D eigenvalue weighted by Gasteiger charge is 2.23. The number of carbonyl (C=O) groups excluding carboxylic acids is 2. The third-order valence-corrected chi connectivity index (χ3v) is 4.17. The number of nitrogens with one attached hydrogen (secondary N) is 2. The van der Waals surface area contributed by atoms with E-state index in [1.54, 1.807) is 12.1 Å². The van der Waals surface area contributed by atoms with Crippen molar-refractivity contribution in [1.29, 1.82) is 0 Å². The van der Waals surface area contributed by atoms with Crippen LogP contribution in [0.4, 0.5) is 0 Å². The number of aromatic nitrogens is 1. The summed E-state index contributed by atoms with van der Waals surface area (Å²) in [5, 5.41) is 14.5. The molecule has 0 aliphatic heterocycles. The maximum atomic E-state index is 12.1. The number of ether oxygens (including phenoxy) is 1. The van der Waals surface area contributed by atoms with Gasteiger partial charge in [-0.25, -0.2) is 4.79 Å². The predicted molar refractivity (Wildman–Crippen MR) is 100 cm³/mol. The molecule has 28 heavy (non-hydrogen) atoms. The van der Waals surface area contributed by atoms with E-state index in [9.17, 15) is 14.4 Å². The average Bonchev–Trinajstić information content (AvgIpc) is 3.51. The summed E-state index contributed by atoms with van der Waals surface area (Å²) in [6.07, 6.45) is 3.96. The first-order chi connectivity index (χ1) is 13.5. The number of rotatable bonds is 9. The number of benzene rings is 1. The normalized spacial score (nSPS) is 12.9. The summed E-state index contributed by atoms with van der Waals surface area (Å²) in [5.41, 5.74) is 1.07. The van der Waals surface area contributed by atoms with Gasteiger partial charge >= 0.3 is 5.97 Å². The molecule has 1 saturated carbocycles. The second-order valence-corrected chi connectivity index (χ2v) is 6.52. The number of aromatic carboxylic acids is 1. The first-order valence-electron chi connectivity index (χ1n) is 9.00. The molecule has 8 nitrogen and oxygen atoms in total. The van der Waals surface area contributed by atoms with Crippen LogP contribution >= 0.6 is 0 Å². The lowest BCUT2D eigenvalue weighted by atomic mass is 10.1. The van der Waals surface area contributed by atoms with Crippen molar-refractivity contribution in [3.63, 3.8) is 0 Å². The monoisotopic (exact) mass is 383 g/mol. The molecule has 1 fully saturated rings. The van der Waals surface area contributed by atoms with Crippen molar-refractivity contribution in [3.8, 4) is 5.75 Å². The quantitative estimate of drug-likeness (QED) is 0.603. The number of pyridine rings is 1. The molecule has 3 rings (SSSR count). The highest BCUT2D eigenvalue weighted by atomic mass is 16.5. The minimum absolute atomic E-state index is 0.00564. The zero-order chi connectivity index (χ0) is 19.9. The fourth-order valence-corrected chi connectivity index (χ4v) is 2.50. The van der Waals surface area contributed by atoms with E-state index in [-0.39, 0.29) is 23.8 Å². The van der Waals surface area contributed by atoms with E-state index in [4.69, 9.17) is 9.84 Å². The van der Waals surface area contributed by atoms with Crippen LogP contribution in [0.15, 0.2) is 42.6 Å². The van der Waals surface area contributed by atoms with Crippen molar-refractivity contribution < 1.29 is 24.2 Å². The molecule has 1 aliphatic carbocycles. The molecule has 146 valence electrons. The smallest absolute Gasteiger partial charge is 0.335 e. The Balaban J connectivity index is 1.41. The van der Waals surface area contributed by atoms with Gasteiger partial charge in [-0.05, 0) is 49.1 Å². The van der Waals surface area contributed by atoms with Crippen molar-refractivity contribution in [2.45, 2.75) is 25.3 Å². The Labute approximate surface area is 161 Å². The van der Waals surface area contributed by atoms with E-state index < -0.39 is 11.9 Å². The van der Waals surface area contributed by atoms with Crippen molar-refractivity contribution in [3.05, 3.63) is 59.4 Å². The van der Waals surface area contributed by atoms with Gasteiger partial charge in [0.05, 0.1) is 5.56 Å². The molecule has 2 aromatic rings. The molecular weight excluding hydrogens is 362 g/mol. The van der Waals surface area contributed by atoms with Gasteiger partial charge in [0, 0.05) is 18.8 Å². The number of carboxylic acid groups (broad SMARTS) is 1. The fourth-order valence-electron chi connectivity index (χ4n) is 2.50. The number of carboxylic acids is 1. The maximum absolute atomic E-state index is 12.1. The van der Waals surface area contributed by atoms with Crippen molar-refractivity contribution in [1.82, 2.24) is 15.6 Å². The second kappa shape index (κ2) is 8.98. The first kappa shape index (κ1) is 19.3. The first-order valence-corrected chi connectivity index (χ1v) is 9.00. The van der Waals surface area contributed by atoms with Crippen molar-refractivity contribution in [2.75, 3.05) is 13.2 Å². The summed E-state index contributed by atoms with van der Waals surface area (Å²) in [4.78, 5) is 38.5. The number of carbonyl (C=O) groups is 3. The van der Waals surface area contributed by atoms with E-state index in [0.717, 1.165) is 18.4 Å². The van der Waals surface area contributed by atoms with Crippen LogP contribution < -0.4 is 15.4 Å². The van der Waals surface area contributed by atoms with Gasteiger partial charge in [0.15, 0.2) is 6.61 Å². The third kappa shape index (κ3) is 5.80. The molecule has 1 heterocycles. The Morgan fingerprint density at radius 3 is 2.57 bits per heavy atom. The van der Waals surface area contributed by atoms with E-state index in [1.165, 1.54) is 18.3 Å². The second-order valence-electron chi connectivity index (χ2n) is 6.52. The highest BCUT2D eigenvalue weighted by Crippen LogP contribution is 2.18. The fraction of sp³-hybridized carbons (Fsp3) is 0.300. The molecule has 0 saturated heterocycles. The summed E-state index contributed by atoms with van der Waals surface area (Å²) in [6, 6.07) is 10.2. The van der Waals surface area contributed by atoms with E-state index in [2.05, 4.69) is 15.6 Å². The Bertz CT molecular complexity index is 862. The molecule has 3 N–H and O–H groups in total. The number of nitrogens with zero attached hydrogens (tertiary/aromatic N) is 1. The lowest BCUT2D eigenvalue weighted by Crippen LogP contribution is -2.30. The molecule has 1 aliphatic rings. The molecule has 0 spiro atoms. The Morgan fingerprint density at radius 2 is 1.89 bits per heavy atom. The zero-order valence-electron chi connectivity index (χ0n) is 15.2. The molecule has 0 unspecified atom stereocenters. The molecule has 0 atom stereocenters. The summed E-state index contributed by atoms with van der Waals surface area (Å²) in [6.45, 7) is 0.371. The van der Waals surface area contributed by atoms with Crippen molar-refractivity contribution in [2.24, 2.45) is 0 Å². The standard InChI is InChI=1S/C20H21N3O5/c24-18(23-15-3-4-15)12-28-16-5-1-13(2-6-16)7-9-22-19(25)17-11-14(20(26)27)8-10-21-17/h1-2,5-6,8,10-11,15H,3-4,7,9,12H2,(H,22,25)(H,23,24)(H,26,27). The van der Waals surface area contributed by atoms with Crippen LogP contribution in [0.3, 0.4) is 0 Å². The minimum atomic E-state index is -1.11. The summed E-state index contributed by atoms with van der Waals surface area (Å²) < 4.78 is 5.44. The minimum Gasteiger partial charge on any atom is -0.484 e. The molecule has 0 radical (unpaired) electrons. The third-order valence-electron chi connectivity index (χ3n) is 4.17. The number of amides is 2. The SMILES string of the molecule is O=C(COc1ccc(CCNC(=O)c2cc(C(=O)O)ccn2)cc1)NC1CC1. The molecule has 8 heteroatoms. The van der Waals surface area contributed by atoms with Gasteiger partial charge in [0.1, 0.15) is 11.4 Å². The Kier molecular flexibility index (Phi) is 6.21. The molecular formula is C20H21N3O5. The molecule has 0 bridgehead atoms. The van der Waals surface area contributed by atoms with Crippen LogP contribution in [0.25, 0.3) is 0 Å². The van der Waals surface area contributed by atoms with Gasteiger partial charge in [-0.15, -0.1) is 0 Å².